The summed E-state index contributed by atoms with van der Waals surface area (Å²) in [6.07, 6.45) is -1.50. The molecule has 0 unspecified atom stereocenters. The van der Waals surface area contributed by atoms with Crippen molar-refractivity contribution in [3.63, 3.8) is 0 Å². The molecule has 2 heterocycles. The smallest absolute Gasteiger partial charge is 0.405 e. The minimum atomic E-state index is -4.82. The first-order valence-corrected chi connectivity index (χ1v) is 9.25. The van der Waals surface area contributed by atoms with Gasteiger partial charge in [0.2, 0.25) is 0 Å². The number of carboxylic acid groups (broad SMARTS) is 1. The van der Waals surface area contributed by atoms with E-state index in [-0.39, 0.29) is 19.6 Å². The quantitative estimate of drug-likeness (QED) is 0.267. The fourth-order valence-electron chi connectivity index (χ4n) is 2.40. The monoisotopic (exact) mass is 420 g/mol. The molecule has 0 saturated carbocycles. The van der Waals surface area contributed by atoms with Gasteiger partial charge in [-0.15, -0.1) is 0 Å². The van der Waals surface area contributed by atoms with Gasteiger partial charge in [0.05, 0.1) is 6.54 Å². The van der Waals surface area contributed by atoms with Crippen LogP contribution in [0.4, 0.5) is 14.4 Å². The number of carbonyl (C=O) groups excluding carboxylic acids is 5. The molecule has 0 aromatic carbocycles. The topological polar surface area (TPSA) is 203 Å². The molecule has 0 aromatic heterocycles. The number of hydrogen-bond acceptors (Lipinski definition) is 8. The predicted molar refractivity (Wildman–Crippen MR) is 86.6 cm³/mol. The molecule has 15 nitrogen and oxygen atoms in total. The molecule has 28 heavy (non-hydrogen) atoms. The van der Waals surface area contributed by atoms with Crippen molar-refractivity contribution in [2.45, 2.75) is 13.0 Å². The molecule has 1 atom stereocenters. The Morgan fingerprint density at radius 2 is 1.61 bits per heavy atom. The molecular weight excluding hydrogens is 404 g/mol. The molecule has 0 spiro atoms. The molecule has 2 fully saturated rings. The van der Waals surface area contributed by atoms with Gasteiger partial charge in [0.25, 0.3) is 5.91 Å². The molecule has 4 N–H and O–H groups in total. The van der Waals surface area contributed by atoms with E-state index in [0.29, 0.717) is 9.80 Å². The average Bonchev–Trinajstić information content (AvgIpc) is 2.58. The van der Waals surface area contributed by atoms with Crippen molar-refractivity contribution in [3.05, 3.63) is 0 Å². The molecule has 0 radical (unpaired) electrons. The number of likely N-dealkylation sites (N-methyl/N-ethyl adjacent to an activating group) is 1. The first-order chi connectivity index (χ1) is 13.0. The van der Waals surface area contributed by atoms with Gasteiger partial charge in [-0.3, -0.25) is 24.2 Å². The highest BCUT2D eigenvalue weighted by molar-refractivity contribution is 7.88. The summed E-state index contributed by atoms with van der Waals surface area (Å²) in [7, 11) is -4.82. The molecule has 0 bridgehead atoms. The Morgan fingerprint density at radius 3 is 2.11 bits per heavy atom. The van der Waals surface area contributed by atoms with E-state index in [2.05, 4.69) is 0 Å². The zero-order valence-electron chi connectivity index (χ0n) is 14.4. The predicted octanol–water partition coefficient (Wildman–Crippen LogP) is -3.18. The lowest BCUT2D eigenvalue weighted by Crippen LogP contribution is -2.68. The van der Waals surface area contributed by atoms with Gasteiger partial charge in [0.15, 0.2) is 0 Å². The number of nitrogens with one attached hydrogen (secondary N) is 3. The van der Waals surface area contributed by atoms with E-state index in [1.807, 2.05) is 5.32 Å². The second kappa shape index (κ2) is 7.67. The van der Waals surface area contributed by atoms with Gasteiger partial charge in [0.1, 0.15) is 6.04 Å². The average molecular weight is 420 g/mol. The molecule has 154 valence electrons. The molecule has 2 aliphatic rings. The number of likely N-dealkylation sites (tertiary alicyclic amines) is 1. The van der Waals surface area contributed by atoms with Crippen LogP contribution in [0.5, 0.6) is 0 Å². The number of carbonyl (C=O) groups is 6. The second-order valence-corrected chi connectivity index (χ2v) is 7.03. The number of piperazine rings is 1. The summed E-state index contributed by atoms with van der Waals surface area (Å²) in [5.74, 6) is -3.20. The summed E-state index contributed by atoms with van der Waals surface area (Å²) < 4.78 is 26.5. The van der Waals surface area contributed by atoms with Gasteiger partial charge in [-0.2, -0.15) is 8.42 Å². The molecular formula is C12H16N6O9S. The van der Waals surface area contributed by atoms with Crippen LogP contribution >= 0.6 is 0 Å². The third-order valence-corrected chi connectivity index (χ3v) is 4.74. The normalized spacial score (nSPS) is 19.8. The minimum absolute atomic E-state index is 0.0150. The van der Waals surface area contributed by atoms with Crippen molar-refractivity contribution in [3.8, 4) is 0 Å². The lowest BCUT2D eigenvalue weighted by molar-refractivity contribution is -0.153. The highest BCUT2D eigenvalue weighted by atomic mass is 32.2. The van der Waals surface area contributed by atoms with Gasteiger partial charge < -0.3 is 15.3 Å². The summed E-state index contributed by atoms with van der Waals surface area (Å²) in [4.78, 5) is 71.3. The maximum Gasteiger partial charge on any atom is 0.405 e. The number of nitrogens with zero attached hydrogens (tertiary/aromatic N) is 3. The van der Waals surface area contributed by atoms with Gasteiger partial charge >= 0.3 is 40.2 Å². The van der Waals surface area contributed by atoms with Crippen LogP contribution in [-0.4, -0.2) is 96.3 Å². The van der Waals surface area contributed by atoms with Crippen molar-refractivity contribution in [2.75, 3.05) is 26.2 Å². The molecule has 2 rings (SSSR count). The van der Waals surface area contributed by atoms with Crippen LogP contribution in [-0.2, 0) is 24.6 Å². The molecule has 0 aromatic rings. The number of β-lactam (4-membered cyclic amide) rings is 1. The Balaban J connectivity index is 1.93. The SMILES string of the molecule is CCN1CCN(C(=O)NS(=O)(=O)NC(=O)N2C[C@H](NC(=O)O)C2=O)C(=O)C1=O. The van der Waals surface area contributed by atoms with Crippen molar-refractivity contribution < 1.29 is 42.3 Å². The molecule has 2 aliphatic heterocycles. The van der Waals surface area contributed by atoms with Crippen LogP contribution in [0, 0.1) is 0 Å². The first kappa shape index (κ1) is 20.9. The van der Waals surface area contributed by atoms with Gasteiger partial charge in [-0.25, -0.2) is 23.8 Å². The maximum atomic E-state index is 12.0. The van der Waals surface area contributed by atoms with Crippen molar-refractivity contribution in [1.82, 2.24) is 29.5 Å². The van der Waals surface area contributed by atoms with E-state index in [1.165, 1.54) is 14.3 Å². The van der Waals surface area contributed by atoms with Crippen LogP contribution < -0.4 is 14.8 Å². The Labute approximate surface area is 157 Å². The number of imide groups is 2. The molecule has 0 aliphatic carbocycles. The van der Waals surface area contributed by atoms with Crippen LogP contribution in [0.2, 0.25) is 0 Å². The van der Waals surface area contributed by atoms with Gasteiger partial charge in [-0.05, 0) is 6.92 Å². The lowest BCUT2D eigenvalue weighted by atomic mass is 10.1. The number of hydrogen-bond donors (Lipinski definition) is 4. The Morgan fingerprint density at radius 1 is 1.04 bits per heavy atom. The van der Waals surface area contributed by atoms with E-state index < -0.39 is 58.7 Å². The summed E-state index contributed by atoms with van der Waals surface area (Å²) in [5, 5.41) is 10.3. The Hall–Kier alpha value is -3.43. The highest BCUT2D eigenvalue weighted by Gasteiger charge is 2.43. The van der Waals surface area contributed by atoms with Crippen LogP contribution in [0.1, 0.15) is 6.92 Å². The number of amides is 8. The van der Waals surface area contributed by atoms with Crippen molar-refractivity contribution in [1.29, 1.82) is 0 Å². The van der Waals surface area contributed by atoms with Crippen LogP contribution in [0.3, 0.4) is 0 Å². The summed E-state index contributed by atoms with van der Waals surface area (Å²) in [6, 6.07) is -4.07. The van der Waals surface area contributed by atoms with E-state index in [0.717, 1.165) is 0 Å². The third kappa shape index (κ3) is 4.27. The van der Waals surface area contributed by atoms with Crippen molar-refractivity contribution >= 4 is 46.1 Å². The van der Waals surface area contributed by atoms with Crippen molar-refractivity contribution in [2.24, 2.45) is 0 Å². The molecule has 16 heteroatoms. The van der Waals surface area contributed by atoms with E-state index in [4.69, 9.17) is 5.11 Å². The zero-order valence-corrected chi connectivity index (χ0v) is 15.2. The van der Waals surface area contributed by atoms with Gasteiger partial charge in [0, 0.05) is 19.6 Å². The standard InChI is InChI=1S/C12H16N6O9S/c1-2-16-3-4-17(9(21)8(16)20)10(22)14-28(26,27)15-11(23)18-5-6(7(18)19)13-12(24)25/h6,13H,2-5H2,1H3,(H,14,22)(H,15,23)(H,24,25)/t6-/m0/s1. The first-order valence-electron chi connectivity index (χ1n) is 7.77. The highest BCUT2D eigenvalue weighted by Crippen LogP contribution is 2.11. The van der Waals surface area contributed by atoms with Gasteiger partial charge in [-0.1, -0.05) is 0 Å². The summed E-state index contributed by atoms with van der Waals surface area (Å²) >= 11 is 0. The number of urea groups is 2. The zero-order chi connectivity index (χ0) is 21.2. The van der Waals surface area contributed by atoms with E-state index >= 15 is 0 Å². The summed E-state index contributed by atoms with van der Waals surface area (Å²) in [6.45, 7) is 1.21. The fourth-order valence-corrected chi connectivity index (χ4v) is 3.13. The maximum absolute atomic E-state index is 12.0. The Bertz CT molecular complexity index is 856. The lowest BCUT2D eigenvalue weighted by Gasteiger charge is -2.35. The number of rotatable bonds is 4. The Kier molecular flexibility index (Phi) is 5.72. The third-order valence-electron chi connectivity index (χ3n) is 3.85. The largest absolute Gasteiger partial charge is 0.465 e. The van der Waals surface area contributed by atoms with E-state index in [9.17, 15) is 37.2 Å². The second-order valence-electron chi connectivity index (χ2n) is 5.61. The van der Waals surface area contributed by atoms with Crippen LogP contribution in [0.25, 0.3) is 0 Å². The summed E-state index contributed by atoms with van der Waals surface area (Å²) in [5.41, 5.74) is 0. The fraction of sp³-hybridized carbons (Fsp3) is 0.500. The molecule has 8 amide bonds. The van der Waals surface area contributed by atoms with Crippen LogP contribution in [0.15, 0.2) is 0 Å². The minimum Gasteiger partial charge on any atom is -0.465 e. The molecule has 2 saturated heterocycles. The van der Waals surface area contributed by atoms with E-state index in [1.54, 1.807) is 6.92 Å².